The van der Waals surface area contributed by atoms with E-state index in [4.69, 9.17) is 16.3 Å². The van der Waals surface area contributed by atoms with Crippen LogP contribution in [0.1, 0.15) is 18.7 Å². The summed E-state index contributed by atoms with van der Waals surface area (Å²) in [6.07, 6.45) is 2.38. The van der Waals surface area contributed by atoms with Gasteiger partial charge in [0.15, 0.2) is 0 Å². The molecule has 0 bridgehead atoms. The number of ether oxygens (including phenoxy) is 1. The van der Waals surface area contributed by atoms with Gasteiger partial charge in [-0.2, -0.15) is 0 Å². The number of benzene rings is 2. The van der Waals surface area contributed by atoms with Crippen molar-refractivity contribution in [3.63, 3.8) is 0 Å². The van der Waals surface area contributed by atoms with Gasteiger partial charge in [0, 0.05) is 11.6 Å². The summed E-state index contributed by atoms with van der Waals surface area (Å²) >= 11 is 6.21. The number of hydrogen-bond acceptors (Lipinski definition) is 4. The molecule has 0 amide bonds. The quantitative estimate of drug-likeness (QED) is 0.739. The van der Waals surface area contributed by atoms with E-state index >= 15 is 0 Å². The van der Waals surface area contributed by atoms with Gasteiger partial charge in [-0.3, -0.25) is 4.79 Å². The number of hydrogen-bond donors (Lipinski definition) is 2. The second-order valence-electron chi connectivity index (χ2n) is 6.44. The Morgan fingerprint density at radius 2 is 2.12 bits per heavy atom. The van der Waals surface area contributed by atoms with Crippen LogP contribution in [-0.4, -0.2) is 21.7 Å². The maximum Gasteiger partial charge on any atom is 0.258 e. The second kappa shape index (κ2) is 6.08. The van der Waals surface area contributed by atoms with Crippen molar-refractivity contribution < 1.29 is 9.84 Å². The highest BCUT2D eigenvalue weighted by molar-refractivity contribution is 6.32. The molecule has 0 aliphatic heterocycles. The Labute approximate surface area is 149 Å². The highest BCUT2D eigenvalue weighted by Gasteiger charge is 2.22. The van der Waals surface area contributed by atoms with Crippen molar-refractivity contribution in [2.45, 2.75) is 19.8 Å². The number of phenolic OH excluding ortho intramolecular Hbond substituents is 1. The Morgan fingerprint density at radius 3 is 2.88 bits per heavy atom. The largest absolute Gasteiger partial charge is 0.507 e. The normalized spacial score (nSPS) is 14.0. The molecule has 0 spiro atoms. The van der Waals surface area contributed by atoms with Gasteiger partial charge in [0.2, 0.25) is 0 Å². The molecule has 2 aromatic carbocycles. The van der Waals surface area contributed by atoms with Gasteiger partial charge in [-0.1, -0.05) is 17.7 Å². The number of phenols is 1. The molecular formula is C19H17ClN2O3. The molecule has 4 rings (SSSR count). The van der Waals surface area contributed by atoms with Crippen molar-refractivity contribution in [2.75, 3.05) is 6.61 Å². The summed E-state index contributed by atoms with van der Waals surface area (Å²) in [6, 6.07) is 8.47. The van der Waals surface area contributed by atoms with Crippen molar-refractivity contribution >= 4 is 22.5 Å². The van der Waals surface area contributed by atoms with Crippen molar-refractivity contribution in [1.82, 2.24) is 9.97 Å². The number of nitrogens with zero attached hydrogens (tertiary/aromatic N) is 1. The molecule has 1 aromatic heterocycles. The fourth-order valence-corrected chi connectivity index (χ4v) is 2.97. The molecule has 0 saturated heterocycles. The van der Waals surface area contributed by atoms with E-state index in [2.05, 4.69) is 9.97 Å². The highest BCUT2D eigenvalue weighted by atomic mass is 35.5. The van der Waals surface area contributed by atoms with E-state index in [9.17, 15) is 9.90 Å². The molecule has 25 heavy (non-hydrogen) atoms. The average Bonchev–Trinajstić information content (AvgIpc) is 3.38. The SMILES string of the molecule is Cc1nc2cc(O)c(-c3ccc(Cl)c(OCC4CC4)c3)cc2c(=O)[nH]1. The van der Waals surface area contributed by atoms with Crippen LogP contribution in [-0.2, 0) is 0 Å². The Hall–Kier alpha value is -2.53. The minimum Gasteiger partial charge on any atom is -0.507 e. The van der Waals surface area contributed by atoms with Crippen LogP contribution in [0, 0.1) is 12.8 Å². The van der Waals surface area contributed by atoms with Crippen LogP contribution in [0.25, 0.3) is 22.0 Å². The van der Waals surface area contributed by atoms with E-state index in [0.29, 0.717) is 45.6 Å². The van der Waals surface area contributed by atoms with Crippen LogP contribution in [0.5, 0.6) is 11.5 Å². The zero-order chi connectivity index (χ0) is 17.6. The van der Waals surface area contributed by atoms with E-state index in [1.807, 2.05) is 0 Å². The van der Waals surface area contributed by atoms with Gasteiger partial charge >= 0.3 is 0 Å². The maximum absolute atomic E-state index is 12.2. The standard InChI is InChI=1S/C19H17ClN2O3/c1-10-21-16-8-17(23)13(7-14(16)19(24)22-10)12-4-5-15(20)18(6-12)25-9-11-2-3-11/h4-8,11,23H,2-3,9H2,1H3,(H,21,22,24). The average molecular weight is 357 g/mol. The zero-order valence-corrected chi connectivity index (χ0v) is 14.4. The van der Waals surface area contributed by atoms with Crippen molar-refractivity contribution in [1.29, 1.82) is 0 Å². The predicted molar refractivity (Wildman–Crippen MR) is 97.4 cm³/mol. The van der Waals surface area contributed by atoms with Crippen molar-refractivity contribution in [3.05, 3.63) is 51.5 Å². The molecule has 3 aromatic rings. The summed E-state index contributed by atoms with van der Waals surface area (Å²) in [5.74, 6) is 1.76. The summed E-state index contributed by atoms with van der Waals surface area (Å²) in [7, 11) is 0. The summed E-state index contributed by atoms with van der Waals surface area (Å²) in [6.45, 7) is 2.35. The van der Waals surface area contributed by atoms with Gasteiger partial charge in [-0.15, -0.1) is 0 Å². The summed E-state index contributed by atoms with van der Waals surface area (Å²) in [5, 5.41) is 11.4. The van der Waals surface area contributed by atoms with Crippen LogP contribution in [0.4, 0.5) is 0 Å². The lowest BCUT2D eigenvalue weighted by Gasteiger charge is -2.11. The van der Waals surface area contributed by atoms with Crippen molar-refractivity contribution in [3.8, 4) is 22.6 Å². The molecule has 0 atom stereocenters. The molecule has 1 fully saturated rings. The molecule has 0 radical (unpaired) electrons. The number of aromatic nitrogens is 2. The lowest BCUT2D eigenvalue weighted by atomic mass is 10.0. The minimum absolute atomic E-state index is 0.0560. The van der Waals surface area contributed by atoms with Gasteiger partial charge in [-0.25, -0.2) is 4.98 Å². The fourth-order valence-electron chi connectivity index (χ4n) is 2.80. The third-order valence-electron chi connectivity index (χ3n) is 4.35. The molecule has 1 saturated carbocycles. The summed E-state index contributed by atoms with van der Waals surface area (Å²) < 4.78 is 5.80. The van der Waals surface area contributed by atoms with E-state index in [-0.39, 0.29) is 11.3 Å². The van der Waals surface area contributed by atoms with E-state index < -0.39 is 0 Å². The molecule has 128 valence electrons. The monoisotopic (exact) mass is 356 g/mol. The van der Waals surface area contributed by atoms with Gasteiger partial charge in [0.1, 0.15) is 17.3 Å². The first-order valence-corrected chi connectivity index (χ1v) is 8.55. The molecule has 1 aliphatic carbocycles. The van der Waals surface area contributed by atoms with Crippen LogP contribution in [0.2, 0.25) is 5.02 Å². The number of fused-ring (bicyclic) bond motifs is 1. The smallest absolute Gasteiger partial charge is 0.258 e. The zero-order valence-electron chi connectivity index (χ0n) is 13.7. The maximum atomic E-state index is 12.2. The topological polar surface area (TPSA) is 75.2 Å². The molecule has 5 nitrogen and oxygen atoms in total. The molecule has 0 unspecified atom stereocenters. The number of halogens is 1. The highest BCUT2D eigenvalue weighted by Crippen LogP contribution is 2.37. The van der Waals surface area contributed by atoms with E-state index in [1.165, 1.54) is 18.9 Å². The van der Waals surface area contributed by atoms with E-state index in [1.54, 1.807) is 31.2 Å². The van der Waals surface area contributed by atoms with Gasteiger partial charge in [0.25, 0.3) is 5.56 Å². The Balaban J connectivity index is 1.79. The first-order chi connectivity index (χ1) is 12.0. The van der Waals surface area contributed by atoms with Gasteiger partial charge < -0.3 is 14.8 Å². The second-order valence-corrected chi connectivity index (χ2v) is 6.84. The van der Waals surface area contributed by atoms with Crippen LogP contribution in [0.3, 0.4) is 0 Å². The van der Waals surface area contributed by atoms with Crippen molar-refractivity contribution in [2.24, 2.45) is 5.92 Å². The Morgan fingerprint density at radius 1 is 1.32 bits per heavy atom. The Bertz CT molecular complexity index is 1030. The number of aryl methyl sites for hydroxylation is 1. The predicted octanol–water partition coefficient (Wildman–Crippen LogP) is 4.05. The lowest BCUT2D eigenvalue weighted by Crippen LogP contribution is -2.09. The molecule has 2 N–H and O–H groups in total. The molecular weight excluding hydrogens is 340 g/mol. The first kappa shape index (κ1) is 16.0. The number of aromatic amines is 1. The molecule has 6 heteroatoms. The number of nitrogens with one attached hydrogen (secondary N) is 1. The van der Waals surface area contributed by atoms with Crippen LogP contribution >= 0.6 is 11.6 Å². The number of rotatable bonds is 4. The molecule has 1 heterocycles. The third kappa shape index (κ3) is 3.20. The number of H-pyrrole nitrogens is 1. The van der Waals surface area contributed by atoms with Gasteiger partial charge in [-0.05, 0) is 49.4 Å². The van der Waals surface area contributed by atoms with Crippen LogP contribution in [0.15, 0.2) is 35.1 Å². The first-order valence-electron chi connectivity index (χ1n) is 8.17. The summed E-state index contributed by atoms with van der Waals surface area (Å²) in [5.41, 5.74) is 1.50. The van der Waals surface area contributed by atoms with Gasteiger partial charge in [0.05, 0.1) is 22.5 Å². The van der Waals surface area contributed by atoms with Crippen LogP contribution < -0.4 is 10.3 Å². The molecule has 1 aliphatic rings. The Kier molecular flexibility index (Phi) is 3.88. The lowest BCUT2D eigenvalue weighted by molar-refractivity contribution is 0.300. The van der Waals surface area contributed by atoms with E-state index in [0.717, 1.165) is 5.56 Å². The minimum atomic E-state index is -0.233. The third-order valence-corrected chi connectivity index (χ3v) is 4.67. The summed E-state index contributed by atoms with van der Waals surface area (Å²) in [4.78, 5) is 19.1. The number of aromatic hydroxyl groups is 1. The fraction of sp³-hybridized carbons (Fsp3) is 0.263.